The van der Waals surface area contributed by atoms with Crippen LogP contribution in [0.3, 0.4) is 0 Å². The van der Waals surface area contributed by atoms with Crippen LogP contribution >= 0.6 is 27.5 Å². The van der Waals surface area contributed by atoms with E-state index in [4.69, 9.17) is 11.6 Å². The third kappa shape index (κ3) is 3.33. The summed E-state index contributed by atoms with van der Waals surface area (Å²) in [6.07, 6.45) is 4.02. The predicted molar refractivity (Wildman–Crippen MR) is 72.4 cm³/mol. The third-order valence-electron chi connectivity index (χ3n) is 2.58. The second kappa shape index (κ2) is 5.23. The summed E-state index contributed by atoms with van der Waals surface area (Å²) in [6, 6.07) is 0. The number of anilines is 1. The number of nitrogens with zero attached hydrogens (tertiary/aromatic N) is 2. The molecule has 1 N–H and O–H groups in total. The van der Waals surface area contributed by atoms with Gasteiger partial charge in [0, 0.05) is 11.6 Å². The molecule has 0 radical (unpaired) electrons. The average Bonchev–Trinajstić information content (AvgIpc) is 3.07. The Morgan fingerprint density at radius 1 is 1.71 bits per heavy atom. The molecule has 4 nitrogen and oxygen atoms in total. The lowest BCUT2D eigenvalue weighted by Gasteiger charge is -2.09. The van der Waals surface area contributed by atoms with Crippen LogP contribution in [0.2, 0.25) is 0 Å². The van der Waals surface area contributed by atoms with Crippen molar-refractivity contribution in [2.24, 2.45) is 5.92 Å². The lowest BCUT2D eigenvalue weighted by Crippen LogP contribution is -2.25. The van der Waals surface area contributed by atoms with Crippen molar-refractivity contribution in [1.82, 2.24) is 9.78 Å². The molecular formula is C11H13BrClN3O. The van der Waals surface area contributed by atoms with Crippen molar-refractivity contribution < 1.29 is 0 Å². The summed E-state index contributed by atoms with van der Waals surface area (Å²) in [5.41, 5.74) is 0.533. The van der Waals surface area contributed by atoms with Gasteiger partial charge in [0.2, 0.25) is 0 Å². The lowest BCUT2D eigenvalue weighted by atomic mass is 10.4. The zero-order valence-corrected chi connectivity index (χ0v) is 11.6. The fraction of sp³-hybridized carbons (Fsp3) is 0.455. The molecule has 1 fully saturated rings. The minimum atomic E-state index is -0.109. The van der Waals surface area contributed by atoms with E-state index in [9.17, 15) is 4.79 Å². The van der Waals surface area contributed by atoms with E-state index >= 15 is 0 Å². The second-order valence-electron chi connectivity index (χ2n) is 4.17. The summed E-state index contributed by atoms with van der Waals surface area (Å²) in [6.45, 7) is 4.69. The van der Waals surface area contributed by atoms with Gasteiger partial charge in [0.05, 0.1) is 18.4 Å². The number of hydrogen-bond donors (Lipinski definition) is 1. The smallest absolute Gasteiger partial charge is 0.283 e. The Labute approximate surface area is 113 Å². The fourth-order valence-corrected chi connectivity index (χ4v) is 1.97. The summed E-state index contributed by atoms with van der Waals surface area (Å²) < 4.78 is 1.99. The molecule has 0 aromatic carbocycles. The first kappa shape index (κ1) is 12.6. The van der Waals surface area contributed by atoms with E-state index in [0.717, 1.165) is 0 Å². The van der Waals surface area contributed by atoms with Crippen LogP contribution in [-0.4, -0.2) is 16.3 Å². The Kier molecular flexibility index (Phi) is 3.89. The maximum Gasteiger partial charge on any atom is 0.283 e. The highest BCUT2D eigenvalue weighted by molar-refractivity contribution is 9.10. The molecule has 0 aliphatic heterocycles. The van der Waals surface area contributed by atoms with Crippen molar-refractivity contribution in [3.05, 3.63) is 32.6 Å². The highest BCUT2D eigenvalue weighted by Gasteiger charge is 2.23. The van der Waals surface area contributed by atoms with Crippen LogP contribution in [0, 0.1) is 5.92 Å². The molecule has 0 amide bonds. The number of aromatic nitrogens is 2. The molecule has 1 heterocycles. The van der Waals surface area contributed by atoms with E-state index in [2.05, 4.69) is 32.9 Å². The molecule has 0 atom stereocenters. The first-order valence-corrected chi connectivity index (χ1v) is 6.58. The van der Waals surface area contributed by atoms with Gasteiger partial charge in [-0.15, -0.1) is 0 Å². The van der Waals surface area contributed by atoms with Gasteiger partial charge >= 0.3 is 0 Å². The van der Waals surface area contributed by atoms with Gasteiger partial charge in [-0.05, 0) is 34.7 Å². The van der Waals surface area contributed by atoms with Crippen LogP contribution in [0.5, 0.6) is 0 Å². The minimum Gasteiger partial charge on any atom is -0.378 e. The largest absolute Gasteiger partial charge is 0.378 e. The summed E-state index contributed by atoms with van der Waals surface area (Å²) in [4.78, 5) is 12.0. The van der Waals surface area contributed by atoms with Gasteiger partial charge in [0.25, 0.3) is 5.56 Å². The first-order valence-electron chi connectivity index (χ1n) is 5.40. The van der Waals surface area contributed by atoms with Crippen molar-refractivity contribution in [2.45, 2.75) is 19.4 Å². The van der Waals surface area contributed by atoms with E-state index in [1.807, 2.05) is 0 Å². The van der Waals surface area contributed by atoms with Crippen LogP contribution in [0.15, 0.2) is 27.1 Å². The fourth-order valence-electron chi connectivity index (χ4n) is 1.45. The van der Waals surface area contributed by atoms with E-state index in [-0.39, 0.29) is 5.56 Å². The Balaban J connectivity index is 2.16. The van der Waals surface area contributed by atoms with Gasteiger partial charge in [0.15, 0.2) is 0 Å². The first-order chi connectivity index (χ1) is 8.08. The molecule has 1 aromatic heterocycles. The van der Waals surface area contributed by atoms with Gasteiger partial charge in [-0.2, -0.15) is 5.10 Å². The Morgan fingerprint density at radius 2 is 2.41 bits per heavy atom. The van der Waals surface area contributed by atoms with Gasteiger partial charge in [-0.1, -0.05) is 18.2 Å². The lowest BCUT2D eigenvalue weighted by molar-refractivity contribution is 0.532. The standard InChI is InChI=1S/C11H13BrClN3O/c1-7(13)4-14-9-5-15-16(6-8-2-3-8)11(17)10(9)12/h5,8,14H,1-4,6H2. The van der Waals surface area contributed by atoms with E-state index in [0.29, 0.717) is 34.2 Å². The van der Waals surface area contributed by atoms with Gasteiger partial charge in [0.1, 0.15) is 4.47 Å². The van der Waals surface area contributed by atoms with Crippen LogP contribution in [-0.2, 0) is 6.54 Å². The molecule has 6 heteroatoms. The highest BCUT2D eigenvalue weighted by atomic mass is 79.9. The summed E-state index contributed by atoms with van der Waals surface area (Å²) >= 11 is 8.94. The number of halogens is 2. The second-order valence-corrected chi connectivity index (χ2v) is 5.50. The Morgan fingerprint density at radius 3 is 3.00 bits per heavy atom. The predicted octanol–water partition coefficient (Wildman–Crippen LogP) is 2.58. The number of nitrogens with one attached hydrogen (secondary N) is 1. The van der Waals surface area contributed by atoms with Crippen molar-refractivity contribution in [1.29, 1.82) is 0 Å². The van der Waals surface area contributed by atoms with Gasteiger partial charge in [-0.3, -0.25) is 4.79 Å². The monoisotopic (exact) mass is 317 g/mol. The van der Waals surface area contributed by atoms with Crippen molar-refractivity contribution in [2.75, 3.05) is 11.9 Å². The number of rotatable bonds is 5. The normalized spacial score (nSPS) is 14.7. The Hall–Kier alpha value is -0.810. The zero-order chi connectivity index (χ0) is 12.4. The molecular weight excluding hydrogens is 305 g/mol. The van der Waals surface area contributed by atoms with Crippen LogP contribution in [0.1, 0.15) is 12.8 Å². The SMILES string of the molecule is C=C(Cl)CNc1cnn(CC2CC2)c(=O)c1Br. The van der Waals surface area contributed by atoms with Crippen molar-refractivity contribution in [3.63, 3.8) is 0 Å². The van der Waals surface area contributed by atoms with E-state index in [1.165, 1.54) is 17.5 Å². The molecule has 0 spiro atoms. The van der Waals surface area contributed by atoms with Crippen LogP contribution < -0.4 is 10.9 Å². The van der Waals surface area contributed by atoms with Crippen molar-refractivity contribution in [3.8, 4) is 0 Å². The topological polar surface area (TPSA) is 46.9 Å². The van der Waals surface area contributed by atoms with Crippen molar-refractivity contribution >= 4 is 33.2 Å². The molecule has 1 aromatic rings. The summed E-state index contributed by atoms with van der Waals surface area (Å²) in [5, 5.41) is 7.62. The molecule has 0 unspecified atom stereocenters. The molecule has 1 aliphatic rings. The molecule has 1 saturated carbocycles. The molecule has 0 bridgehead atoms. The minimum absolute atomic E-state index is 0.109. The summed E-state index contributed by atoms with van der Waals surface area (Å²) in [5.74, 6) is 0.619. The molecule has 92 valence electrons. The average molecular weight is 319 g/mol. The highest BCUT2D eigenvalue weighted by Crippen LogP contribution is 2.30. The van der Waals surface area contributed by atoms with Crippen LogP contribution in [0.25, 0.3) is 0 Å². The maximum absolute atomic E-state index is 12.0. The van der Waals surface area contributed by atoms with E-state index in [1.54, 1.807) is 6.20 Å². The molecule has 2 rings (SSSR count). The molecule has 1 aliphatic carbocycles. The van der Waals surface area contributed by atoms with E-state index < -0.39 is 0 Å². The number of hydrogen-bond acceptors (Lipinski definition) is 3. The Bertz CT molecular complexity index is 496. The van der Waals surface area contributed by atoms with Crippen LogP contribution in [0.4, 0.5) is 5.69 Å². The quantitative estimate of drug-likeness (QED) is 0.907. The zero-order valence-electron chi connectivity index (χ0n) is 9.25. The summed E-state index contributed by atoms with van der Waals surface area (Å²) in [7, 11) is 0. The third-order valence-corrected chi connectivity index (χ3v) is 3.48. The maximum atomic E-state index is 12.0. The van der Waals surface area contributed by atoms with Gasteiger partial charge < -0.3 is 5.32 Å². The molecule has 0 saturated heterocycles. The molecule has 17 heavy (non-hydrogen) atoms. The van der Waals surface area contributed by atoms with Gasteiger partial charge in [-0.25, -0.2) is 4.68 Å².